The van der Waals surface area contributed by atoms with E-state index in [1.165, 1.54) is 0 Å². The normalized spacial score (nSPS) is 14.0. The number of carbonyl (C=O) groups excluding carboxylic acids is 1. The van der Waals surface area contributed by atoms with Crippen LogP contribution in [0.3, 0.4) is 0 Å². The molecule has 0 amide bonds. The van der Waals surface area contributed by atoms with E-state index in [0.29, 0.717) is 12.3 Å². The van der Waals surface area contributed by atoms with Crippen LogP contribution in [0.25, 0.3) is 0 Å². The van der Waals surface area contributed by atoms with E-state index >= 15 is 0 Å². The standard InChI is InChI=1S/C15H23NO2S/c1-11(2)9-13(14(17)18-15(3,4)5)16-10-12-7-6-8-19-12/h6-8,10-11,13H,9H2,1-5H3/b16-10+. The van der Waals surface area contributed by atoms with Crippen LogP contribution in [0.1, 0.15) is 45.9 Å². The molecule has 0 spiro atoms. The molecule has 0 aliphatic rings. The zero-order chi connectivity index (χ0) is 14.5. The highest BCUT2D eigenvalue weighted by Gasteiger charge is 2.25. The minimum absolute atomic E-state index is 0.242. The molecular formula is C15H23NO2S. The van der Waals surface area contributed by atoms with E-state index in [2.05, 4.69) is 18.8 Å². The van der Waals surface area contributed by atoms with Crippen LogP contribution in [0.5, 0.6) is 0 Å². The van der Waals surface area contributed by atoms with E-state index in [1.54, 1.807) is 17.6 Å². The molecule has 106 valence electrons. The van der Waals surface area contributed by atoms with Gasteiger partial charge in [0.2, 0.25) is 0 Å². The Balaban J connectivity index is 2.74. The number of esters is 1. The fourth-order valence-corrected chi connectivity index (χ4v) is 2.16. The SMILES string of the molecule is CC(C)CC(/N=C/c1cccs1)C(=O)OC(C)(C)C. The lowest BCUT2D eigenvalue weighted by Crippen LogP contribution is -2.31. The molecule has 0 aliphatic heterocycles. The molecule has 0 bridgehead atoms. The van der Waals surface area contributed by atoms with Gasteiger partial charge in [-0.05, 0) is 44.6 Å². The van der Waals surface area contributed by atoms with Crippen LogP contribution in [0.4, 0.5) is 0 Å². The van der Waals surface area contributed by atoms with E-state index in [0.717, 1.165) is 4.88 Å². The first kappa shape index (κ1) is 15.9. The zero-order valence-electron chi connectivity index (χ0n) is 12.3. The predicted octanol–water partition coefficient (Wildman–Crippen LogP) is 3.92. The molecule has 1 unspecified atom stereocenters. The maximum Gasteiger partial charge on any atom is 0.331 e. The van der Waals surface area contributed by atoms with Gasteiger partial charge in [0.15, 0.2) is 0 Å². The van der Waals surface area contributed by atoms with Crippen molar-refractivity contribution in [3.63, 3.8) is 0 Å². The molecule has 3 nitrogen and oxygen atoms in total. The van der Waals surface area contributed by atoms with Crippen LogP contribution in [-0.4, -0.2) is 23.8 Å². The smallest absolute Gasteiger partial charge is 0.331 e. The molecule has 1 aromatic heterocycles. The number of thiophene rings is 1. The van der Waals surface area contributed by atoms with Crippen molar-refractivity contribution >= 4 is 23.5 Å². The third kappa shape index (κ3) is 6.53. The van der Waals surface area contributed by atoms with Gasteiger partial charge < -0.3 is 4.74 Å². The fraction of sp³-hybridized carbons (Fsp3) is 0.600. The molecule has 0 aliphatic carbocycles. The Kier molecular flexibility index (Phi) is 5.73. The summed E-state index contributed by atoms with van der Waals surface area (Å²) in [6, 6.07) is 3.54. The highest BCUT2D eigenvalue weighted by atomic mass is 32.1. The third-order valence-corrected chi connectivity index (χ3v) is 3.11. The Bertz CT molecular complexity index is 416. The Morgan fingerprint density at radius 3 is 2.63 bits per heavy atom. The largest absolute Gasteiger partial charge is 0.458 e. The number of nitrogens with zero attached hydrogens (tertiary/aromatic N) is 1. The van der Waals surface area contributed by atoms with Gasteiger partial charge in [0.05, 0.1) is 0 Å². The summed E-state index contributed by atoms with van der Waals surface area (Å²) in [5, 5.41) is 1.99. The Labute approximate surface area is 119 Å². The molecule has 0 radical (unpaired) electrons. The summed E-state index contributed by atoms with van der Waals surface area (Å²) < 4.78 is 5.42. The molecule has 1 heterocycles. The minimum Gasteiger partial charge on any atom is -0.458 e. The molecule has 19 heavy (non-hydrogen) atoms. The average Bonchev–Trinajstić information content (AvgIpc) is 2.73. The molecule has 0 saturated carbocycles. The van der Waals surface area contributed by atoms with Crippen LogP contribution in [0.15, 0.2) is 22.5 Å². The third-order valence-electron chi connectivity index (χ3n) is 2.30. The summed E-state index contributed by atoms with van der Waals surface area (Å²) in [5.41, 5.74) is -0.467. The van der Waals surface area contributed by atoms with Crippen LogP contribution in [-0.2, 0) is 9.53 Å². The first-order valence-electron chi connectivity index (χ1n) is 6.57. The molecular weight excluding hydrogens is 258 g/mol. The zero-order valence-corrected chi connectivity index (χ0v) is 13.2. The summed E-state index contributed by atoms with van der Waals surface area (Å²) in [5.74, 6) is 0.159. The second-order valence-electron chi connectivity index (χ2n) is 5.97. The van der Waals surface area contributed by atoms with Crippen molar-refractivity contribution in [1.82, 2.24) is 0 Å². The summed E-state index contributed by atoms with van der Waals surface area (Å²) in [6.45, 7) is 9.79. The maximum absolute atomic E-state index is 12.1. The lowest BCUT2D eigenvalue weighted by molar-refractivity contribution is -0.156. The molecule has 1 aromatic rings. The molecule has 4 heteroatoms. The second kappa shape index (κ2) is 6.85. The highest BCUT2D eigenvalue weighted by molar-refractivity contribution is 7.11. The van der Waals surface area contributed by atoms with Gasteiger partial charge in [0, 0.05) is 11.1 Å². The van der Waals surface area contributed by atoms with Crippen molar-refractivity contribution in [3.8, 4) is 0 Å². The molecule has 0 N–H and O–H groups in total. The van der Waals surface area contributed by atoms with E-state index in [9.17, 15) is 4.79 Å². The van der Waals surface area contributed by atoms with E-state index in [4.69, 9.17) is 4.74 Å². The molecule has 1 rings (SSSR count). The van der Waals surface area contributed by atoms with Crippen molar-refractivity contribution in [2.75, 3.05) is 0 Å². The van der Waals surface area contributed by atoms with E-state index in [1.807, 2.05) is 38.3 Å². The van der Waals surface area contributed by atoms with Crippen LogP contribution < -0.4 is 0 Å². The highest BCUT2D eigenvalue weighted by Crippen LogP contribution is 2.15. The number of hydrogen-bond acceptors (Lipinski definition) is 4. The molecule has 0 saturated heterocycles. The van der Waals surface area contributed by atoms with Crippen LogP contribution in [0, 0.1) is 5.92 Å². The van der Waals surface area contributed by atoms with E-state index < -0.39 is 11.6 Å². The van der Waals surface area contributed by atoms with Crippen molar-refractivity contribution < 1.29 is 9.53 Å². The molecule has 0 aromatic carbocycles. The summed E-state index contributed by atoms with van der Waals surface area (Å²) in [4.78, 5) is 17.6. The quantitative estimate of drug-likeness (QED) is 0.606. The van der Waals surface area contributed by atoms with Gasteiger partial charge in [-0.2, -0.15) is 0 Å². The van der Waals surface area contributed by atoms with Crippen LogP contribution in [0.2, 0.25) is 0 Å². The van der Waals surface area contributed by atoms with Gasteiger partial charge in [-0.3, -0.25) is 4.99 Å². The number of ether oxygens (including phenoxy) is 1. The minimum atomic E-state index is -0.467. The molecule has 0 fully saturated rings. The fourth-order valence-electron chi connectivity index (χ4n) is 1.56. The lowest BCUT2D eigenvalue weighted by Gasteiger charge is -2.23. The number of aliphatic imine (C=N–C) groups is 1. The summed E-state index contributed by atoms with van der Waals surface area (Å²) in [7, 11) is 0. The second-order valence-corrected chi connectivity index (χ2v) is 6.95. The van der Waals surface area contributed by atoms with Crippen molar-refractivity contribution in [3.05, 3.63) is 22.4 Å². The topological polar surface area (TPSA) is 38.7 Å². The van der Waals surface area contributed by atoms with Gasteiger partial charge in [0.1, 0.15) is 11.6 Å². The van der Waals surface area contributed by atoms with Crippen molar-refractivity contribution in [2.24, 2.45) is 10.9 Å². The number of carbonyl (C=O) groups is 1. The summed E-state index contributed by atoms with van der Waals surface area (Å²) >= 11 is 1.61. The van der Waals surface area contributed by atoms with Gasteiger partial charge in [-0.1, -0.05) is 19.9 Å². The molecule has 1 atom stereocenters. The average molecular weight is 281 g/mol. The predicted molar refractivity (Wildman–Crippen MR) is 81.0 cm³/mol. The maximum atomic E-state index is 12.1. The van der Waals surface area contributed by atoms with Crippen LogP contribution >= 0.6 is 11.3 Å². The number of hydrogen-bond donors (Lipinski definition) is 0. The van der Waals surface area contributed by atoms with E-state index in [-0.39, 0.29) is 5.97 Å². The lowest BCUT2D eigenvalue weighted by atomic mass is 10.0. The van der Waals surface area contributed by atoms with Crippen molar-refractivity contribution in [2.45, 2.75) is 52.7 Å². The Morgan fingerprint density at radius 1 is 1.47 bits per heavy atom. The first-order chi connectivity index (χ1) is 8.78. The van der Waals surface area contributed by atoms with Gasteiger partial charge in [0.25, 0.3) is 0 Å². The Hall–Kier alpha value is -1.16. The van der Waals surface area contributed by atoms with Gasteiger partial charge in [-0.25, -0.2) is 4.79 Å². The van der Waals surface area contributed by atoms with Gasteiger partial charge in [-0.15, -0.1) is 11.3 Å². The Morgan fingerprint density at radius 2 is 2.16 bits per heavy atom. The first-order valence-corrected chi connectivity index (χ1v) is 7.45. The monoisotopic (exact) mass is 281 g/mol. The van der Waals surface area contributed by atoms with Crippen molar-refractivity contribution in [1.29, 1.82) is 0 Å². The summed E-state index contributed by atoms with van der Waals surface area (Å²) in [6.07, 6.45) is 2.47. The number of rotatable bonds is 5. The van der Waals surface area contributed by atoms with Gasteiger partial charge >= 0.3 is 5.97 Å².